The Morgan fingerprint density at radius 3 is 1.67 bits per heavy atom. The van der Waals surface area contributed by atoms with Crippen LogP contribution in [-0.2, 0) is 5.41 Å². The first-order chi connectivity index (χ1) is 26.4. The number of aromatic nitrogens is 1. The minimum Gasteiger partial charge on any atom is -0.309 e. The van der Waals surface area contributed by atoms with Gasteiger partial charge in [0, 0.05) is 21.9 Å². The first-order valence-electron chi connectivity index (χ1n) is 19.0. The monoisotopic (exact) mass is 691 g/mol. The van der Waals surface area contributed by atoms with Crippen molar-refractivity contribution in [2.24, 2.45) is 0 Å². The van der Waals surface area contributed by atoms with Crippen molar-refractivity contribution in [3.8, 4) is 61.3 Å². The van der Waals surface area contributed by atoms with E-state index in [0.29, 0.717) is 0 Å². The topological polar surface area (TPSA) is 4.93 Å². The lowest BCUT2D eigenvalue weighted by molar-refractivity contribution is 0.661. The summed E-state index contributed by atoms with van der Waals surface area (Å²) in [6.07, 6.45) is 0. The van der Waals surface area contributed by atoms with Gasteiger partial charge >= 0.3 is 0 Å². The Bertz CT molecular complexity index is 2850. The summed E-state index contributed by atoms with van der Waals surface area (Å²) in [6.45, 7) is 9.23. The molecule has 1 nitrogen and oxygen atoms in total. The smallest absolute Gasteiger partial charge is 0.0544 e. The lowest BCUT2D eigenvalue weighted by Crippen LogP contribution is -2.14. The molecular weight excluding hydrogens is 651 g/mol. The standard InChI is InChI=1S/C53H41N/c1-34-16-11-12-21-42(34)44-24-15-23-43(35(44)2)38-26-27-51-47(31-38)48-32-46-45-22-13-14-25-49(45)53(3,4)50(46)33-52(48)54(51)41-29-39(36-17-7-5-8-18-36)28-40(30-41)37-19-9-6-10-20-37/h5-33H,1-4H3. The highest BCUT2D eigenvalue weighted by molar-refractivity contribution is 6.13. The fourth-order valence-electron chi connectivity index (χ4n) is 9.11. The molecule has 0 unspecified atom stereocenters. The largest absolute Gasteiger partial charge is 0.309 e. The molecule has 0 fully saturated rings. The van der Waals surface area contributed by atoms with Crippen molar-refractivity contribution in [2.45, 2.75) is 33.1 Å². The van der Waals surface area contributed by atoms with Crippen LogP contribution in [0.15, 0.2) is 176 Å². The highest BCUT2D eigenvalue weighted by atomic mass is 15.0. The first kappa shape index (κ1) is 32.2. The van der Waals surface area contributed by atoms with Gasteiger partial charge in [0.2, 0.25) is 0 Å². The Balaban J connectivity index is 1.27. The summed E-state index contributed by atoms with van der Waals surface area (Å²) in [5.74, 6) is 0. The van der Waals surface area contributed by atoms with Gasteiger partial charge in [0.15, 0.2) is 0 Å². The van der Waals surface area contributed by atoms with Crippen LogP contribution in [0.4, 0.5) is 0 Å². The van der Waals surface area contributed by atoms with Crippen molar-refractivity contribution >= 4 is 21.8 Å². The normalized spacial score (nSPS) is 13.0. The van der Waals surface area contributed by atoms with Gasteiger partial charge in [0.1, 0.15) is 0 Å². The van der Waals surface area contributed by atoms with Gasteiger partial charge < -0.3 is 4.57 Å². The maximum absolute atomic E-state index is 2.52. The van der Waals surface area contributed by atoms with Crippen LogP contribution in [0.5, 0.6) is 0 Å². The third-order valence-electron chi connectivity index (χ3n) is 11.9. The van der Waals surface area contributed by atoms with Gasteiger partial charge in [0.05, 0.1) is 11.0 Å². The number of benzene rings is 8. The van der Waals surface area contributed by atoms with Crippen LogP contribution in [0.3, 0.4) is 0 Å². The van der Waals surface area contributed by atoms with Crippen LogP contribution in [0, 0.1) is 13.8 Å². The predicted octanol–water partition coefficient (Wildman–Crippen LogP) is 14.4. The molecule has 1 aromatic heterocycles. The van der Waals surface area contributed by atoms with Crippen LogP contribution in [0.2, 0.25) is 0 Å². The summed E-state index contributed by atoms with van der Waals surface area (Å²) in [7, 11) is 0. The molecule has 0 saturated carbocycles. The van der Waals surface area contributed by atoms with Crippen molar-refractivity contribution in [2.75, 3.05) is 0 Å². The number of nitrogens with zero attached hydrogens (tertiary/aromatic N) is 1. The van der Waals surface area contributed by atoms with Gasteiger partial charge in [-0.05, 0) is 134 Å². The van der Waals surface area contributed by atoms with Crippen molar-refractivity contribution in [3.05, 3.63) is 198 Å². The first-order valence-corrected chi connectivity index (χ1v) is 19.0. The summed E-state index contributed by atoms with van der Waals surface area (Å²) in [5.41, 5.74) is 21.5. The van der Waals surface area contributed by atoms with E-state index in [1.54, 1.807) is 0 Å². The van der Waals surface area contributed by atoms with E-state index in [1.807, 2.05) is 0 Å². The molecule has 1 aliphatic carbocycles. The number of rotatable bonds is 5. The van der Waals surface area contributed by atoms with Gasteiger partial charge in [0.25, 0.3) is 0 Å². The van der Waals surface area contributed by atoms with Gasteiger partial charge in [-0.3, -0.25) is 0 Å². The van der Waals surface area contributed by atoms with Gasteiger partial charge in [-0.2, -0.15) is 0 Å². The molecule has 0 bridgehead atoms. The highest BCUT2D eigenvalue weighted by Gasteiger charge is 2.36. The van der Waals surface area contributed by atoms with Crippen LogP contribution < -0.4 is 0 Å². The molecule has 0 radical (unpaired) electrons. The average Bonchev–Trinajstić information content (AvgIpc) is 3.65. The fourth-order valence-corrected chi connectivity index (χ4v) is 9.11. The van der Waals surface area contributed by atoms with Crippen molar-refractivity contribution in [3.63, 3.8) is 0 Å². The lowest BCUT2D eigenvalue weighted by Gasteiger charge is -2.22. The van der Waals surface area contributed by atoms with E-state index < -0.39 is 0 Å². The average molecular weight is 692 g/mol. The van der Waals surface area contributed by atoms with Crippen molar-refractivity contribution < 1.29 is 0 Å². The zero-order chi connectivity index (χ0) is 36.6. The Kier molecular flexibility index (Phi) is 7.35. The molecule has 1 heteroatoms. The molecule has 0 spiro atoms. The van der Waals surface area contributed by atoms with Gasteiger partial charge in [-0.25, -0.2) is 0 Å². The molecule has 1 heterocycles. The summed E-state index contributed by atoms with van der Waals surface area (Å²) in [4.78, 5) is 0. The third-order valence-corrected chi connectivity index (χ3v) is 11.9. The Morgan fingerprint density at radius 2 is 0.963 bits per heavy atom. The second-order valence-electron chi connectivity index (χ2n) is 15.4. The molecule has 0 saturated heterocycles. The summed E-state index contributed by atoms with van der Waals surface area (Å²) in [5, 5.41) is 2.54. The maximum Gasteiger partial charge on any atom is 0.0544 e. The fraction of sp³-hybridized carbons (Fsp3) is 0.0943. The van der Waals surface area contributed by atoms with E-state index in [2.05, 4.69) is 208 Å². The molecule has 8 aromatic carbocycles. The molecule has 10 rings (SSSR count). The van der Waals surface area contributed by atoms with E-state index in [9.17, 15) is 0 Å². The van der Waals surface area contributed by atoms with E-state index >= 15 is 0 Å². The van der Waals surface area contributed by atoms with E-state index in [4.69, 9.17) is 0 Å². The number of hydrogen-bond acceptors (Lipinski definition) is 0. The van der Waals surface area contributed by atoms with Crippen LogP contribution in [0.1, 0.15) is 36.1 Å². The molecule has 9 aromatic rings. The molecule has 0 amide bonds. The summed E-state index contributed by atoms with van der Waals surface area (Å²) in [6, 6.07) is 65.2. The molecule has 1 aliphatic rings. The molecule has 54 heavy (non-hydrogen) atoms. The van der Waals surface area contributed by atoms with Crippen molar-refractivity contribution in [1.29, 1.82) is 0 Å². The third kappa shape index (κ3) is 5.00. The predicted molar refractivity (Wildman–Crippen MR) is 230 cm³/mol. The van der Waals surface area contributed by atoms with E-state index in [-0.39, 0.29) is 5.41 Å². The molecule has 0 aliphatic heterocycles. The highest BCUT2D eigenvalue weighted by Crippen LogP contribution is 2.51. The number of fused-ring (bicyclic) bond motifs is 6. The maximum atomic E-state index is 2.52. The molecule has 0 atom stereocenters. The second kappa shape index (κ2) is 12.3. The molecule has 0 N–H and O–H groups in total. The van der Waals surface area contributed by atoms with E-state index in [1.165, 1.54) is 99.7 Å². The Hall–Kier alpha value is -6.44. The second-order valence-corrected chi connectivity index (χ2v) is 15.4. The number of aryl methyl sites for hydroxylation is 1. The summed E-state index contributed by atoms with van der Waals surface area (Å²) < 4.78 is 2.52. The Morgan fingerprint density at radius 1 is 0.370 bits per heavy atom. The zero-order valence-corrected chi connectivity index (χ0v) is 31.2. The number of hydrogen-bond donors (Lipinski definition) is 0. The molecule has 258 valence electrons. The Labute approximate surface area is 317 Å². The quantitative estimate of drug-likeness (QED) is 0.169. The zero-order valence-electron chi connectivity index (χ0n) is 31.2. The lowest BCUT2D eigenvalue weighted by atomic mass is 9.82. The van der Waals surface area contributed by atoms with Gasteiger partial charge in [-0.15, -0.1) is 0 Å². The van der Waals surface area contributed by atoms with Crippen LogP contribution in [-0.4, -0.2) is 4.57 Å². The summed E-state index contributed by atoms with van der Waals surface area (Å²) >= 11 is 0. The molecular formula is C53H41N. The SMILES string of the molecule is Cc1ccccc1-c1cccc(-c2ccc3c(c2)c2cc4c(cc2n3-c2cc(-c3ccccc3)cc(-c3ccccc3)c2)C(C)(C)c2ccccc2-4)c1C. The van der Waals surface area contributed by atoms with E-state index in [0.717, 1.165) is 5.69 Å². The minimum atomic E-state index is -0.110. The van der Waals surface area contributed by atoms with Crippen molar-refractivity contribution in [1.82, 2.24) is 4.57 Å². The minimum absolute atomic E-state index is 0.110. The van der Waals surface area contributed by atoms with Crippen LogP contribution >= 0.6 is 0 Å². The van der Waals surface area contributed by atoms with Gasteiger partial charge in [-0.1, -0.05) is 147 Å². The van der Waals surface area contributed by atoms with Crippen LogP contribution in [0.25, 0.3) is 83.1 Å².